The second-order valence-electron chi connectivity index (χ2n) is 7.32. The molecule has 5 nitrogen and oxygen atoms in total. The number of rotatable bonds is 3. The van der Waals surface area contributed by atoms with E-state index < -0.39 is 11.7 Å². The van der Waals surface area contributed by atoms with E-state index in [1.165, 1.54) is 6.20 Å². The Bertz CT molecular complexity index is 658. The summed E-state index contributed by atoms with van der Waals surface area (Å²) >= 11 is 0. The number of amides is 1. The van der Waals surface area contributed by atoms with Crippen LogP contribution in [0.1, 0.15) is 38.2 Å². The van der Waals surface area contributed by atoms with Crippen LogP contribution in [0.3, 0.4) is 0 Å². The van der Waals surface area contributed by atoms with Gasteiger partial charge in [-0.25, -0.2) is 4.98 Å². The molecule has 1 aliphatic heterocycles. The fourth-order valence-electron chi connectivity index (χ4n) is 4.08. The molecule has 1 amide bonds. The first-order valence-electron chi connectivity index (χ1n) is 9.08. The van der Waals surface area contributed by atoms with Gasteiger partial charge in [0.25, 0.3) is 0 Å². The van der Waals surface area contributed by atoms with E-state index in [9.17, 15) is 18.0 Å². The van der Waals surface area contributed by atoms with E-state index in [1.807, 2.05) is 11.8 Å². The highest BCUT2D eigenvalue weighted by atomic mass is 19.4. The van der Waals surface area contributed by atoms with Crippen molar-refractivity contribution in [3.8, 4) is 0 Å². The molecule has 1 saturated carbocycles. The van der Waals surface area contributed by atoms with E-state index in [4.69, 9.17) is 5.73 Å². The van der Waals surface area contributed by atoms with E-state index in [0.29, 0.717) is 32.0 Å². The Labute approximate surface area is 151 Å². The number of nitrogens with zero attached hydrogens (tertiary/aromatic N) is 3. The Hall–Kier alpha value is -1.83. The number of hydrogen-bond acceptors (Lipinski definition) is 4. The smallest absolute Gasteiger partial charge is 0.353 e. The number of hydrogen-bond donors (Lipinski definition) is 1. The van der Waals surface area contributed by atoms with Gasteiger partial charge in [-0.05, 0) is 37.8 Å². The van der Waals surface area contributed by atoms with Crippen molar-refractivity contribution in [2.75, 3.05) is 31.1 Å². The Morgan fingerprint density at radius 2 is 2.04 bits per heavy atom. The zero-order chi connectivity index (χ0) is 18.9. The Morgan fingerprint density at radius 3 is 2.58 bits per heavy atom. The third-order valence-electron chi connectivity index (χ3n) is 5.74. The molecule has 2 N–H and O–H groups in total. The lowest BCUT2D eigenvalue weighted by Gasteiger charge is -2.40. The number of carbonyl (C=O) groups excluding carboxylic acids is 1. The van der Waals surface area contributed by atoms with Crippen LogP contribution in [0.4, 0.5) is 19.0 Å². The van der Waals surface area contributed by atoms with E-state index in [1.54, 1.807) is 4.90 Å². The van der Waals surface area contributed by atoms with Gasteiger partial charge >= 0.3 is 6.18 Å². The van der Waals surface area contributed by atoms with Crippen LogP contribution in [-0.2, 0) is 11.0 Å². The SMILES string of the molecule is CC[C@@]1(C(=O)N2CCN(c3cc(C(F)(F)F)ccn3)CC2)CC[C@H](N)C1. The number of anilines is 1. The number of halogens is 3. The quantitative estimate of drug-likeness (QED) is 0.889. The standard InChI is InChI=1S/C18H25F3N4O/c1-2-17(5-3-14(22)12-17)16(26)25-9-7-24(8-10-25)15-11-13(4-6-23-15)18(19,20)21/h4,6,11,14H,2-3,5,7-10,12,22H2,1H3/t14-,17+/m0/s1. The van der Waals surface area contributed by atoms with Gasteiger partial charge in [-0.3, -0.25) is 4.79 Å². The molecule has 8 heteroatoms. The molecule has 26 heavy (non-hydrogen) atoms. The fraction of sp³-hybridized carbons (Fsp3) is 0.667. The molecule has 0 unspecified atom stereocenters. The predicted molar refractivity (Wildman–Crippen MR) is 92.6 cm³/mol. The first-order valence-corrected chi connectivity index (χ1v) is 9.08. The van der Waals surface area contributed by atoms with Crippen molar-refractivity contribution in [1.82, 2.24) is 9.88 Å². The average molecular weight is 370 g/mol. The first-order chi connectivity index (χ1) is 12.2. The highest BCUT2D eigenvalue weighted by Gasteiger charge is 2.45. The molecule has 2 atom stereocenters. The van der Waals surface area contributed by atoms with Crippen LogP contribution in [0.5, 0.6) is 0 Å². The van der Waals surface area contributed by atoms with E-state index in [0.717, 1.165) is 37.8 Å². The fourth-order valence-corrected chi connectivity index (χ4v) is 4.08. The van der Waals surface area contributed by atoms with Crippen molar-refractivity contribution in [2.24, 2.45) is 11.1 Å². The molecular weight excluding hydrogens is 345 g/mol. The Morgan fingerprint density at radius 1 is 1.35 bits per heavy atom. The summed E-state index contributed by atoms with van der Waals surface area (Å²) in [5.74, 6) is 0.449. The monoisotopic (exact) mass is 370 g/mol. The summed E-state index contributed by atoms with van der Waals surface area (Å²) in [5.41, 5.74) is 4.95. The van der Waals surface area contributed by atoms with Crippen molar-refractivity contribution in [2.45, 2.75) is 44.8 Å². The van der Waals surface area contributed by atoms with E-state index in [-0.39, 0.29) is 17.4 Å². The van der Waals surface area contributed by atoms with Crippen LogP contribution in [0.25, 0.3) is 0 Å². The molecule has 0 spiro atoms. The minimum Gasteiger partial charge on any atom is -0.353 e. The van der Waals surface area contributed by atoms with Crippen molar-refractivity contribution in [3.05, 3.63) is 23.9 Å². The lowest BCUT2D eigenvalue weighted by Crippen LogP contribution is -2.53. The number of alkyl halides is 3. The summed E-state index contributed by atoms with van der Waals surface area (Å²) in [6, 6.07) is 2.12. The summed E-state index contributed by atoms with van der Waals surface area (Å²) in [4.78, 5) is 20.7. The molecule has 2 aliphatic rings. The van der Waals surface area contributed by atoms with E-state index in [2.05, 4.69) is 4.98 Å². The molecule has 0 bridgehead atoms. The highest BCUT2D eigenvalue weighted by Crippen LogP contribution is 2.42. The molecule has 3 rings (SSSR count). The summed E-state index contributed by atoms with van der Waals surface area (Å²) in [6.45, 7) is 3.97. The van der Waals surface area contributed by atoms with Crippen molar-refractivity contribution in [1.29, 1.82) is 0 Å². The third-order valence-corrected chi connectivity index (χ3v) is 5.74. The lowest BCUT2D eigenvalue weighted by atomic mass is 9.81. The third kappa shape index (κ3) is 3.65. The molecular formula is C18H25F3N4O. The van der Waals surface area contributed by atoms with Gasteiger partial charge in [-0.1, -0.05) is 6.92 Å². The van der Waals surface area contributed by atoms with Crippen LogP contribution in [-0.4, -0.2) is 48.0 Å². The minimum atomic E-state index is -4.38. The largest absolute Gasteiger partial charge is 0.416 e. The van der Waals surface area contributed by atoms with Crippen LogP contribution >= 0.6 is 0 Å². The Kier molecular flexibility index (Phi) is 5.14. The zero-order valence-corrected chi connectivity index (χ0v) is 14.9. The van der Waals surface area contributed by atoms with Gasteiger partial charge in [-0.2, -0.15) is 13.2 Å². The summed E-state index contributed by atoms with van der Waals surface area (Å²) < 4.78 is 38.6. The van der Waals surface area contributed by atoms with Crippen molar-refractivity contribution in [3.63, 3.8) is 0 Å². The summed E-state index contributed by atoms with van der Waals surface area (Å²) in [5, 5.41) is 0. The van der Waals surface area contributed by atoms with E-state index >= 15 is 0 Å². The minimum absolute atomic E-state index is 0.0782. The van der Waals surface area contributed by atoms with Crippen molar-refractivity contribution >= 4 is 11.7 Å². The number of aromatic nitrogens is 1. The Balaban J connectivity index is 1.65. The molecule has 2 heterocycles. The first kappa shape index (κ1) is 18.9. The topological polar surface area (TPSA) is 62.5 Å². The summed E-state index contributed by atoms with van der Waals surface area (Å²) in [7, 11) is 0. The van der Waals surface area contributed by atoms with Crippen LogP contribution in [0, 0.1) is 5.41 Å². The molecule has 1 saturated heterocycles. The lowest BCUT2D eigenvalue weighted by molar-refractivity contribution is -0.142. The molecule has 0 aromatic carbocycles. The van der Waals surface area contributed by atoms with Gasteiger partial charge in [0, 0.05) is 38.4 Å². The second kappa shape index (κ2) is 7.06. The zero-order valence-electron chi connectivity index (χ0n) is 14.9. The van der Waals surface area contributed by atoms with Gasteiger partial charge in [0.2, 0.25) is 5.91 Å². The molecule has 1 aliphatic carbocycles. The molecule has 144 valence electrons. The van der Waals surface area contributed by atoms with Gasteiger partial charge in [-0.15, -0.1) is 0 Å². The van der Waals surface area contributed by atoms with Gasteiger partial charge in [0.05, 0.1) is 11.0 Å². The van der Waals surface area contributed by atoms with Crippen LogP contribution in [0.15, 0.2) is 18.3 Å². The van der Waals surface area contributed by atoms with Gasteiger partial charge in [0.1, 0.15) is 5.82 Å². The normalized spacial score (nSPS) is 27.0. The molecule has 0 radical (unpaired) electrons. The highest BCUT2D eigenvalue weighted by molar-refractivity contribution is 5.83. The molecule has 1 aromatic rings. The van der Waals surface area contributed by atoms with Crippen LogP contribution < -0.4 is 10.6 Å². The van der Waals surface area contributed by atoms with Gasteiger partial charge < -0.3 is 15.5 Å². The average Bonchev–Trinajstić information content (AvgIpc) is 3.03. The second-order valence-corrected chi connectivity index (χ2v) is 7.32. The predicted octanol–water partition coefficient (Wildman–Crippen LogP) is 2.66. The van der Waals surface area contributed by atoms with Crippen molar-refractivity contribution < 1.29 is 18.0 Å². The maximum absolute atomic E-state index is 13.0. The number of piperazine rings is 1. The number of nitrogens with two attached hydrogens (primary N) is 1. The molecule has 1 aromatic heterocycles. The number of carbonyl (C=O) groups is 1. The van der Waals surface area contributed by atoms with Gasteiger partial charge in [0.15, 0.2) is 0 Å². The maximum Gasteiger partial charge on any atom is 0.416 e. The maximum atomic E-state index is 13.0. The van der Waals surface area contributed by atoms with Crippen LogP contribution in [0.2, 0.25) is 0 Å². The molecule has 2 fully saturated rings. The number of pyridine rings is 1. The summed E-state index contributed by atoms with van der Waals surface area (Å²) in [6.07, 6.45) is -0.0227.